The molecule has 1 fully saturated rings. The molecule has 1 amide bonds. The zero-order valence-corrected chi connectivity index (χ0v) is 16.0. The molecule has 1 heterocycles. The molecule has 1 aromatic rings. The predicted molar refractivity (Wildman–Crippen MR) is 93.4 cm³/mol. The fraction of sp³-hybridized carbons (Fsp3) is 0.562. The maximum absolute atomic E-state index is 13.8. The summed E-state index contributed by atoms with van der Waals surface area (Å²) in [6.45, 7) is 5.89. The number of benzene rings is 1. The van der Waals surface area contributed by atoms with Crippen molar-refractivity contribution in [1.29, 1.82) is 0 Å². The molecule has 25 heavy (non-hydrogen) atoms. The minimum absolute atomic E-state index is 0.0622. The summed E-state index contributed by atoms with van der Waals surface area (Å²) >= 11 is 5.88. The molecule has 6 nitrogen and oxygen atoms in total. The van der Waals surface area contributed by atoms with Crippen molar-refractivity contribution in [3.05, 3.63) is 34.6 Å². The predicted octanol–water partition coefficient (Wildman–Crippen LogP) is 2.91. The van der Waals surface area contributed by atoms with E-state index < -0.39 is 39.3 Å². The van der Waals surface area contributed by atoms with Crippen LogP contribution in [0.5, 0.6) is 0 Å². The van der Waals surface area contributed by atoms with Gasteiger partial charge in [0.05, 0.1) is 5.75 Å². The maximum Gasteiger partial charge on any atom is 0.410 e. The fourth-order valence-electron chi connectivity index (χ4n) is 2.50. The number of hydrogen-bond donors (Lipinski definition) is 1. The number of hydrogen-bond acceptors (Lipinski definition) is 4. The van der Waals surface area contributed by atoms with Crippen LogP contribution >= 0.6 is 11.6 Å². The normalized spacial score (nSPS) is 18.4. The molecule has 0 aromatic heterocycles. The van der Waals surface area contributed by atoms with Gasteiger partial charge in [-0.2, -0.15) is 0 Å². The first kappa shape index (κ1) is 19.9. The molecule has 140 valence electrons. The highest BCUT2D eigenvalue weighted by Gasteiger charge is 2.32. The number of carbonyl (C=O) groups is 1. The first-order chi connectivity index (χ1) is 11.5. The lowest BCUT2D eigenvalue weighted by Crippen LogP contribution is -2.40. The first-order valence-corrected chi connectivity index (χ1v) is 9.91. The van der Waals surface area contributed by atoms with Crippen LogP contribution in [0, 0.1) is 5.82 Å². The van der Waals surface area contributed by atoms with Crippen LogP contribution in [0.15, 0.2) is 18.2 Å². The Kier molecular flexibility index (Phi) is 5.96. The van der Waals surface area contributed by atoms with E-state index in [1.54, 1.807) is 20.8 Å². The zero-order chi connectivity index (χ0) is 18.8. The van der Waals surface area contributed by atoms with E-state index in [4.69, 9.17) is 16.3 Å². The highest BCUT2D eigenvalue weighted by atomic mass is 35.5. The van der Waals surface area contributed by atoms with Gasteiger partial charge in [-0.05, 0) is 39.3 Å². The van der Waals surface area contributed by atoms with Gasteiger partial charge in [0.25, 0.3) is 0 Å². The smallest absolute Gasteiger partial charge is 0.410 e. The summed E-state index contributed by atoms with van der Waals surface area (Å²) in [5.41, 5.74) is -0.686. The lowest BCUT2D eigenvalue weighted by molar-refractivity contribution is 0.0292. The van der Waals surface area contributed by atoms with Crippen molar-refractivity contribution in [1.82, 2.24) is 9.62 Å². The first-order valence-electron chi connectivity index (χ1n) is 7.88. The maximum atomic E-state index is 13.8. The molecule has 0 bridgehead atoms. The minimum Gasteiger partial charge on any atom is -0.444 e. The largest absolute Gasteiger partial charge is 0.444 e. The van der Waals surface area contributed by atoms with E-state index in [1.807, 2.05) is 0 Å². The highest BCUT2D eigenvalue weighted by Crippen LogP contribution is 2.22. The summed E-state index contributed by atoms with van der Waals surface area (Å²) in [4.78, 5) is 13.5. The summed E-state index contributed by atoms with van der Waals surface area (Å²) in [5.74, 6) is -1.22. The second-order valence-electron chi connectivity index (χ2n) is 6.99. The molecule has 9 heteroatoms. The van der Waals surface area contributed by atoms with E-state index in [-0.39, 0.29) is 17.1 Å². The summed E-state index contributed by atoms with van der Waals surface area (Å²) in [5, 5.41) is 0.0622. The standard InChI is InChI=1S/C16H22ClFN2O4S/c1-16(2,3)24-15(21)20-8-7-11(9-20)19-25(22,23)10-12-13(17)5-4-6-14(12)18/h4-6,11,19H,7-10H2,1-3H3. The topological polar surface area (TPSA) is 75.7 Å². The number of carbonyl (C=O) groups excluding carboxylic acids is 1. The number of likely N-dealkylation sites (tertiary alicyclic amines) is 1. The molecule has 1 aliphatic heterocycles. The van der Waals surface area contributed by atoms with Crippen molar-refractivity contribution < 1.29 is 22.3 Å². The van der Waals surface area contributed by atoms with E-state index in [0.29, 0.717) is 13.0 Å². The van der Waals surface area contributed by atoms with Crippen molar-refractivity contribution >= 4 is 27.7 Å². The third-order valence-corrected chi connectivity index (χ3v) is 5.30. The van der Waals surface area contributed by atoms with E-state index in [2.05, 4.69) is 4.72 Å². The van der Waals surface area contributed by atoms with Gasteiger partial charge in [-0.1, -0.05) is 17.7 Å². The van der Waals surface area contributed by atoms with E-state index in [1.165, 1.54) is 17.0 Å². The molecule has 1 aromatic carbocycles. The Bertz CT molecular complexity index is 729. The third-order valence-electron chi connectivity index (χ3n) is 3.58. The average molecular weight is 393 g/mol. The van der Waals surface area contributed by atoms with Crippen LogP contribution in [-0.2, 0) is 20.5 Å². The van der Waals surface area contributed by atoms with Gasteiger partial charge >= 0.3 is 6.09 Å². The summed E-state index contributed by atoms with van der Waals surface area (Å²) < 4.78 is 46.1. The molecular weight excluding hydrogens is 371 g/mol. The third kappa shape index (κ3) is 5.83. The van der Waals surface area contributed by atoms with E-state index in [9.17, 15) is 17.6 Å². The van der Waals surface area contributed by atoms with Crippen molar-refractivity contribution in [2.45, 2.75) is 44.6 Å². The lowest BCUT2D eigenvalue weighted by Gasteiger charge is -2.24. The summed E-state index contributed by atoms with van der Waals surface area (Å²) in [6, 6.07) is 3.57. The molecule has 1 unspecified atom stereocenters. The van der Waals surface area contributed by atoms with Gasteiger partial charge in [-0.15, -0.1) is 0 Å². The van der Waals surface area contributed by atoms with E-state index >= 15 is 0 Å². The quantitative estimate of drug-likeness (QED) is 0.854. The Balaban J connectivity index is 1.97. The minimum atomic E-state index is -3.80. The Morgan fingerprint density at radius 1 is 1.44 bits per heavy atom. The van der Waals surface area contributed by atoms with Gasteiger partial charge in [-0.3, -0.25) is 0 Å². The molecule has 2 rings (SSSR count). The van der Waals surface area contributed by atoms with Crippen LogP contribution in [0.4, 0.5) is 9.18 Å². The van der Waals surface area contributed by atoms with Gasteiger partial charge in [0.1, 0.15) is 11.4 Å². The molecule has 1 N–H and O–H groups in total. The number of nitrogens with zero attached hydrogens (tertiary/aromatic N) is 1. The second kappa shape index (κ2) is 7.47. The van der Waals surface area contributed by atoms with Crippen LogP contribution in [-0.4, -0.2) is 44.1 Å². The average Bonchev–Trinajstić information content (AvgIpc) is 2.89. The summed E-state index contributed by atoms with van der Waals surface area (Å²) in [6.07, 6.45) is -0.0185. The van der Waals surface area contributed by atoms with Crippen LogP contribution in [0.25, 0.3) is 0 Å². The van der Waals surface area contributed by atoms with Crippen molar-refractivity contribution in [3.8, 4) is 0 Å². The van der Waals surface area contributed by atoms with Crippen molar-refractivity contribution in [2.24, 2.45) is 0 Å². The van der Waals surface area contributed by atoms with E-state index in [0.717, 1.165) is 6.07 Å². The molecule has 1 atom stereocenters. The molecular formula is C16H22ClFN2O4S. The number of amides is 1. The Morgan fingerprint density at radius 3 is 2.72 bits per heavy atom. The van der Waals surface area contributed by atoms with Crippen molar-refractivity contribution in [3.63, 3.8) is 0 Å². The van der Waals surface area contributed by atoms with Gasteiger partial charge in [0.15, 0.2) is 0 Å². The Labute approximate surface area is 152 Å². The molecule has 0 spiro atoms. The summed E-state index contributed by atoms with van der Waals surface area (Å²) in [7, 11) is -3.80. The number of nitrogens with one attached hydrogen (secondary N) is 1. The Hall–Kier alpha value is -1.38. The zero-order valence-electron chi connectivity index (χ0n) is 14.4. The van der Waals surface area contributed by atoms with Gasteiger partial charge in [0.2, 0.25) is 10.0 Å². The molecule has 0 aliphatic carbocycles. The lowest BCUT2D eigenvalue weighted by atomic mass is 10.2. The number of sulfonamides is 1. The van der Waals surface area contributed by atoms with Crippen LogP contribution in [0.2, 0.25) is 5.02 Å². The van der Waals surface area contributed by atoms with Crippen molar-refractivity contribution in [2.75, 3.05) is 13.1 Å². The Morgan fingerprint density at radius 2 is 2.12 bits per heavy atom. The van der Waals surface area contributed by atoms with Crippen LogP contribution < -0.4 is 4.72 Å². The highest BCUT2D eigenvalue weighted by molar-refractivity contribution is 7.88. The molecule has 0 saturated carbocycles. The number of halogens is 2. The molecule has 1 saturated heterocycles. The SMILES string of the molecule is CC(C)(C)OC(=O)N1CCC(NS(=O)(=O)Cc2c(F)cccc2Cl)C1. The monoisotopic (exact) mass is 392 g/mol. The van der Waals surface area contributed by atoms with Gasteiger partial charge in [-0.25, -0.2) is 22.3 Å². The number of rotatable bonds is 4. The fourth-order valence-corrected chi connectivity index (χ4v) is 4.27. The van der Waals surface area contributed by atoms with Gasteiger partial charge < -0.3 is 9.64 Å². The molecule has 1 aliphatic rings. The molecule has 0 radical (unpaired) electrons. The van der Waals surface area contributed by atoms with Crippen LogP contribution in [0.1, 0.15) is 32.8 Å². The number of ether oxygens (including phenoxy) is 1. The van der Waals surface area contributed by atoms with Gasteiger partial charge in [0, 0.05) is 29.7 Å². The van der Waals surface area contributed by atoms with Crippen LogP contribution in [0.3, 0.4) is 0 Å². The second-order valence-corrected chi connectivity index (χ2v) is 9.15.